The molecule has 6 amide bonds. The normalized spacial score (nSPS) is 30.5. The maximum absolute atomic E-state index is 11.4. The highest BCUT2D eigenvalue weighted by Crippen LogP contribution is 2.48. The van der Waals surface area contributed by atoms with Crippen molar-refractivity contribution in [2.75, 3.05) is 76.0 Å². The van der Waals surface area contributed by atoms with E-state index in [4.69, 9.17) is 0 Å². The molecule has 3 saturated heterocycles. The Morgan fingerprint density at radius 3 is 0.697 bits per heavy atom. The zero-order valence-corrected chi connectivity index (χ0v) is 46.9. The van der Waals surface area contributed by atoms with E-state index < -0.39 is 0 Å². The summed E-state index contributed by atoms with van der Waals surface area (Å²) in [7, 11) is 17.2. The van der Waals surface area contributed by atoms with Crippen LogP contribution >= 0.6 is 0 Å². The highest BCUT2D eigenvalue weighted by atomic mass is 16.2. The first kappa shape index (κ1) is 56.4. The summed E-state index contributed by atoms with van der Waals surface area (Å²) in [6.07, 6.45) is 15.9. The van der Waals surface area contributed by atoms with Crippen LogP contribution in [0.5, 0.6) is 0 Å². The Morgan fingerprint density at radius 2 is 0.513 bits per heavy atom. The van der Waals surface area contributed by atoms with Crippen LogP contribution in [-0.4, -0.2) is 136 Å². The summed E-state index contributed by atoms with van der Waals surface area (Å²) < 4.78 is 0. The average molecular weight is 1040 g/mol. The fourth-order valence-electron chi connectivity index (χ4n) is 14.0. The van der Waals surface area contributed by atoms with Crippen molar-refractivity contribution in [1.29, 1.82) is 0 Å². The lowest BCUT2D eigenvalue weighted by Crippen LogP contribution is -2.53. The lowest BCUT2D eigenvalue weighted by atomic mass is 9.69. The molecule has 6 N–H and O–H groups in total. The van der Waals surface area contributed by atoms with Gasteiger partial charge in [0, 0.05) is 54.6 Å². The van der Waals surface area contributed by atoms with Crippen LogP contribution < -0.4 is 31.9 Å². The third-order valence-corrected chi connectivity index (χ3v) is 19.3. The quantitative estimate of drug-likeness (QED) is 0.103. The Labute approximate surface area is 453 Å². The molecule has 7 fully saturated rings. The van der Waals surface area contributed by atoms with Gasteiger partial charge in [0.1, 0.15) is 5.78 Å². The molecule has 0 bridgehead atoms. The summed E-state index contributed by atoms with van der Waals surface area (Å²) in [5.41, 5.74) is 5.79. The molecule has 3 aliphatic heterocycles. The first-order valence-corrected chi connectivity index (χ1v) is 28.0. The van der Waals surface area contributed by atoms with Gasteiger partial charge in [-0.25, -0.2) is 14.4 Å². The van der Waals surface area contributed by atoms with Crippen LogP contribution in [-0.2, 0) is 27.0 Å². The molecule has 0 radical (unpaired) electrons. The Hall–Kier alpha value is -5.80. The lowest BCUT2D eigenvalue weighted by Gasteiger charge is -2.48. The zero-order valence-electron chi connectivity index (χ0n) is 46.9. The highest BCUT2D eigenvalue weighted by Gasteiger charge is 2.50. The SMILES string of the molecule is CN(C)C1(c2ccccc2)CCC(=O)CC1.CN(C)C1(c2ccccc2)CCC2(CC1)CNC(=O)N2.CN(C)C1(c2ccccc2)CCC2(CC1)CNC(=O)N2.CN(C)C1(c2ccccc2)CCC2(CC1)CNC(=O)N2. The molecule has 4 saturated carbocycles. The predicted molar refractivity (Wildman–Crippen MR) is 304 cm³/mol. The van der Waals surface area contributed by atoms with Crippen molar-refractivity contribution in [2.45, 2.75) is 142 Å². The van der Waals surface area contributed by atoms with Crippen molar-refractivity contribution in [3.63, 3.8) is 0 Å². The van der Waals surface area contributed by atoms with Gasteiger partial charge in [0.15, 0.2) is 0 Å². The second kappa shape index (κ2) is 23.4. The Morgan fingerprint density at radius 1 is 0.303 bits per heavy atom. The van der Waals surface area contributed by atoms with Crippen molar-refractivity contribution >= 4 is 23.9 Å². The molecule has 3 heterocycles. The zero-order chi connectivity index (χ0) is 54.2. The molecule has 0 atom stereocenters. The van der Waals surface area contributed by atoms with E-state index in [2.05, 4.69) is 223 Å². The third-order valence-electron chi connectivity index (χ3n) is 19.3. The van der Waals surface area contributed by atoms with Gasteiger partial charge in [-0.1, -0.05) is 121 Å². The fraction of sp³-hybridized carbons (Fsp3) is 0.548. The van der Waals surface area contributed by atoms with Crippen LogP contribution in [0.1, 0.15) is 125 Å². The number of hydrogen-bond donors (Lipinski definition) is 6. The van der Waals surface area contributed by atoms with Crippen LogP contribution in [0.3, 0.4) is 0 Å². The molecule has 410 valence electrons. The number of Topliss-reactive ketones (excluding diaryl/α,β-unsaturated/α-hetero) is 1. The molecule has 14 nitrogen and oxygen atoms in total. The van der Waals surface area contributed by atoms with Crippen molar-refractivity contribution in [2.24, 2.45) is 0 Å². The minimum atomic E-state index is -0.0224. The van der Waals surface area contributed by atoms with Gasteiger partial charge in [-0.05, 0) is 169 Å². The number of carbonyl (C=O) groups excluding carboxylic acids is 4. The predicted octanol–water partition coefficient (Wildman–Crippen LogP) is 8.79. The van der Waals surface area contributed by atoms with Gasteiger partial charge >= 0.3 is 18.1 Å². The van der Waals surface area contributed by atoms with E-state index in [1.165, 1.54) is 22.3 Å². The van der Waals surface area contributed by atoms with Gasteiger partial charge in [0.2, 0.25) is 0 Å². The second-order valence-electron chi connectivity index (χ2n) is 24.0. The Kier molecular flexibility index (Phi) is 17.4. The van der Waals surface area contributed by atoms with Gasteiger partial charge < -0.3 is 31.9 Å². The Bertz CT molecular complexity index is 2320. The standard InChI is InChI=1S/3C16H23N3O.C14H19NO/c3*1-19(2)16(13-6-4-3-5-7-13)10-8-15(9-11-16)12-17-14(20)18-15;1-15(2)14(10-8-13(16)9-11-14)12-6-4-3-5-7-12/h3*3-7H,8-12H2,1-2H3,(H2,17,18,20);3-7H,8-11H2,1-2H3. The summed E-state index contributed by atoms with van der Waals surface area (Å²) in [5.74, 6) is 0.411. The van der Waals surface area contributed by atoms with Crippen LogP contribution in [0.25, 0.3) is 0 Å². The molecule has 3 spiro atoms. The second-order valence-corrected chi connectivity index (χ2v) is 24.0. The molecule has 7 aliphatic rings. The first-order valence-electron chi connectivity index (χ1n) is 28.0. The molecular weight excluding hydrogens is 949 g/mol. The third kappa shape index (κ3) is 11.9. The maximum atomic E-state index is 11.4. The molecule has 4 aliphatic carbocycles. The fourth-order valence-corrected chi connectivity index (χ4v) is 14.0. The molecule has 76 heavy (non-hydrogen) atoms. The van der Waals surface area contributed by atoms with Crippen molar-refractivity contribution in [3.05, 3.63) is 144 Å². The minimum absolute atomic E-state index is 0.0120. The largest absolute Gasteiger partial charge is 0.336 e. The van der Waals surface area contributed by atoms with E-state index in [0.717, 1.165) is 110 Å². The number of amides is 6. The molecule has 0 unspecified atom stereocenters. The van der Waals surface area contributed by atoms with Crippen molar-refractivity contribution in [3.8, 4) is 0 Å². The average Bonchev–Trinajstić information content (AvgIpc) is 4.14. The number of rotatable bonds is 8. The Balaban J connectivity index is 0.000000135. The van der Waals surface area contributed by atoms with E-state index in [-0.39, 0.29) is 56.9 Å². The molecule has 4 aromatic carbocycles. The lowest BCUT2D eigenvalue weighted by molar-refractivity contribution is -0.122. The number of carbonyl (C=O) groups is 4. The van der Waals surface area contributed by atoms with E-state index in [0.29, 0.717) is 18.6 Å². The first-order chi connectivity index (χ1) is 36.3. The van der Waals surface area contributed by atoms with Gasteiger partial charge in [-0.2, -0.15) is 0 Å². The van der Waals surface area contributed by atoms with E-state index in [1.807, 2.05) is 6.07 Å². The van der Waals surface area contributed by atoms with Crippen LogP contribution in [0.2, 0.25) is 0 Å². The van der Waals surface area contributed by atoms with Gasteiger partial charge in [-0.15, -0.1) is 0 Å². The van der Waals surface area contributed by atoms with Crippen molar-refractivity contribution < 1.29 is 19.2 Å². The number of hydrogen-bond acceptors (Lipinski definition) is 8. The topological polar surface area (TPSA) is 153 Å². The van der Waals surface area contributed by atoms with E-state index >= 15 is 0 Å². The van der Waals surface area contributed by atoms with Gasteiger partial charge in [0.25, 0.3) is 0 Å². The van der Waals surface area contributed by atoms with E-state index in [9.17, 15) is 19.2 Å². The molecular formula is C62H88N10O4. The van der Waals surface area contributed by atoms with Crippen LogP contribution in [0.4, 0.5) is 14.4 Å². The van der Waals surface area contributed by atoms with E-state index in [1.54, 1.807) is 0 Å². The summed E-state index contributed by atoms with van der Waals surface area (Å²) in [6.45, 7) is 2.30. The smallest absolute Gasteiger partial charge is 0.315 e. The minimum Gasteiger partial charge on any atom is -0.336 e. The molecule has 0 aromatic heterocycles. The number of nitrogens with zero attached hydrogens (tertiary/aromatic N) is 4. The van der Waals surface area contributed by atoms with Crippen LogP contribution in [0, 0.1) is 0 Å². The molecule has 14 heteroatoms. The summed E-state index contributed by atoms with van der Waals surface area (Å²) in [4.78, 5) is 55.0. The number of ketones is 1. The molecule has 4 aromatic rings. The molecule has 11 rings (SSSR count). The number of nitrogens with one attached hydrogen (secondary N) is 6. The summed E-state index contributed by atoms with van der Waals surface area (Å²) >= 11 is 0. The van der Waals surface area contributed by atoms with Crippen LogP contribution in [0.15, 0.2) is 121 Å². The highest BCUT2D eigenvalue weighted by molar-refractivity contribution is 5.80. The van der Waals surface area contributed by atoms with Crippen molar-refractivity contribution in [1.82, 2.24) is 51.5 Å². The summed E-state index contributed by atoms with van der Waals surface area (Å²) in [5, 5.41) is 18.1. The maximum Gasteiger partial charge on any atom is 0.315 e. The summed E-state index contributed by atoms with van der Waals surface area (Å²) in [6, 6.07) is 42.8. The monoisotopic (exact) mass is 1040 g/mol. The number of benzene rings is 4. The number of urea groups is 3. The van der Waals surface area contributed by atoms with Gasteiger partial charge in [-0.3, -0.25) is 24.4 Å². The van der Waals surface area contributed by atoms with Gasteiger partial charge in [0.05, 0.1) is 16.6 Å².